The molecule has 7 N–H and O–H groups in total. The second kappa shape index (κ2) is 15.4. The molecule has 0 aromatic heterocycles. The van der Waals surface area contributed by atoms with Gasteiger partial charge in [-0.05, 0) is 35.1 Å². The van der Waals surface area contributed by atoms with Gasteiger partial charge in [-0.15, -0.1) is 0 Å². The summed E-state index contributed by atoms with van der Waals surface area (Å²) in [4.78, 5) is 54.1. The summed E-state index contributed by atoms with van der Waals surface area (Å²) in [5, 5.41) is 9.73. The Bertz CT molecular complexity index is 1350. The lowest BCUT2D eigenvalue weighted by atomic mass is 9.89. The molecule has 0 aliphatic carbocycles. The van der Waals surface area contributed by atoms with Crippen LogP contribution in [0, 0.1) is 10.1 Å². The zero-order chi connectivity index (χ0) is 30.5. The largest absolute Gasteiger partial charge is 0.445 e. The molecular weight excluding hydrogens is 542 g/mol. The Morgan fingerprint density at radius 3 is 1.93 bits per heavy atom. The van der Waals surface area contributed by atoms with Crippen molar-refractivity contribution in [1.29, 1.82) is 0 Å². The topological polar surface area (TPSA) is 209 Å². The van der Waals surface area contributed by atoms with Gasteiger partial charge in [-0.25, -0.2) is 19.9 Å². The van der Waals surface area contributed by atoms with E-state index in [0.29, 0.717) is 11.1 Å². The molecule has 0 saturated heterocycles. The first-order chi connectivity index (χ1) is 20.2. The minimum Gasteiger partial charge on any atom is -0.445 e. The fourth-order valence-electron chi connectivity index (χ4n) is 4.43. The van der Waals surface area contributed by atoms with Crippen molar-refractivity contribution in [2.75, 3.05) is 6.54 Å². The molecular formula is C29H33N7O6. The molecule has 1 atom stereocenters. The molecule has 13 nitrogen and oxygen atoms in total. The smallest absolute Gasteiger partial charge is 0.404 e. The van der Waals surface area contributed by atoms with Crippen molar-refractivity contribution in [3.8, 4) is 0 Å². The standard InChI is InChI=1S/C29H33N7O6/c30-26(37)24(12-7-17-33-28(31)34-36(40)41)35(18-20-13-15-21(16-14-20)19-42-29(32)39)27(38)25(22-8-3-1-4-9-22)23-10-5-2-6-11-23/h1-6,8-11,13-16,24-25H,7,12,17-19H2,(H2,30,37)(H2,32,39)(H3,31,33,34)/t24-/m1/s1. The maximum Gasteiger partial charge on any atom is 0.404 e. The number of nitrogens with zero attached hydrogens (tertiary/aromatic N) is 3. The van der Waals surface area contributed by atoms with Crippen LogP contribution in [0.5, 0.6) is 0 Å². The lowest BCUT2D eigenvalue weighted by molar-refractivity contribution is -0.525. The number of hydrazine groups is 1. The molecule has 42 heavy (non-hydrogen) atoms. The van der Waals surface area contributed by atoms with E-state index in [-0.39, 0.29) is 44.4 Å². The molecule has 0 heterocycles. The van der Waals surface area contributed by atoms with Crippen molar-refractivity contribution in [2.24, 2.45) is 22.2 Å². The second-order valence-corrected chi connectivity index (χ2v) is 9.34. The molecule has 3 aromatic rings. The fraction of sp³-hybridized carbons (Fsp3) is 0.241. The van der Waals surface area contributed by atoms with Gasteiger partial charge in [0, 0.05) is 13.1 Å². The van der Waals surface area contributed by atoms with E-state index < -0.39 is 29.0 Å². The molecule has 0 aliphatic rings. The van der Waals surface area contributed by atoms with E-state index in [1.807, 2.05) is 60.7 Å². The number of hydrogen-bond donors (Lipinski definition) is 4. The summed E-state index contributed by atoms with van der Waals surface area (Å²) in [7, 11) is 0. The maximum absolute atomic E-state index is 14.4. The molecule has 0 bridgehead atoms. The number of carbonyl (C=O) groups is 3. The van der Waals surface area contributed by atoms with E-state index in [0.717, 1.165) is 11.1 Å². The zero-order valence-electron chi connectivity index (χ0n) is 22.8. The predicted molar refractivity (Wildman–Crippen MR) is 155 cm³/mol. The molecule has 0 fully saturated rings. The molecule has 0 unspecified atom stereocenters. The van der Waals surface area contributed by atoms with Crippen LogP contribution in [0.15, 0.2) is 89.9 Å². The van der Waals surface area contributed by atoms with Crippen molar-refractivity contribution in [3.05, 3.63) is 117 Å². The number of nitrogens with one attached hydrogen (secondary N) is 1. The van der Waals surface area contributed by atoms with Crippen LogP contribution in [-0.2, 0) is 27.5 Å². The molecule has 220 valence electrons. The molecule has 0 saturated carbocycles. The first kappa shape index (κ1) is 31.1. The van der Waals surface area contributed by atoms with Gasteiger partial charge in [0.05, 0.1) is 5.92 Å². The lowest BCUT2D eigenvalue weighted by Crippen LogP contribution is -2.49. The van der Waals surface area contributed by atoms with E-state index in [9.17, 15) is 24.5 Å². The Morgan fingerprint density at radius 2 is 1.43 bits per heavy atom. The van der Waals surface area contributed by atoms with Gasteiger partial charge in [-0.3, -0.25) is 9.59 Å². The van der Waals surface area contributed by atoms with Gasteiger partial charge in [0.2, 0.25) is 11.8 Å². The van der Waals surface area contributed by atoms with Gasteiger partial charge in [0.15, 0.2) is 5.03 Å². The van der Waals surface area contributed by atoms with Crippen LogP contribution in [0.3, 0.4) is 0 Å². The highest BCUT2D eigenvalue weighted by molar-refractivity contribution is 5.92. The number of benzene rings is 3. The maximum atomic E-state index is 14.4. The molecule has 0 spiro atoms. The van der Waals surface area contributed by atoms with E-state index in [2.05, 4.69) is 4.99 Å². The third-order valence-corrected chi connectivity index (χ3v) is 6.38. The molecule has 3 rings (SSSR count). The van der Waals surface area contributed by atoms with E-state index in [1.165, 1.54) is 4.90 Å². The Hall–Kier alpha value is -5.46. The molecule has 0 radical (unpaired) electrons. The fourth-order valence-corrected chi connectivity index (χ4v) is 4.43. The van der Waals surface area contributed by atoms with E-state index >= 15 is 0 Å². The Morgan fingerprint density at radius 1 is 0.881 bits per heavy atom. The number of guanidine groups is 1. The summed E-state index contributed by atoms with van der Waals surface area (Å²) >= 11 is 0. The number of hydrogen-bond acceptors (Lipinski definition) is 7. The van der Waals surface area contributed by atoms with Crippen molar-refractivity contribution >= 4 is 23.9 Å². The van der Waals surface area contributed by atoms with Crippen LogP contribution in [0.1, 0.15) is 41.0 Å². The normalized spacial score (nSPS) is 11.9. The molecule has 3 aromatic carbocycles. The Balaban J connectivity index is 1.95. The minimum absolute atomic E-state index is 0.0127. The third-order valence-electron chi connectivity index (χ3n) is 6.38. The number of nitro groups is 1. The summed E-state index contributed by atoms with van der Waals surface area (Å²) in [5.74, 6) is -2.15. The first-order valence-corrected chi connectivity index (χ1v) is 13.1. The van der Waals surface area contributed by atoms with Gasteiger partial charge in [0.25, 0.3) is 5.96 Å². The summed E-state index contributed by atoms with van der Waals surface area (Å²) < 4.78 is 4.83. The lowest BCUT2D eigenvalue weighted by Gasteiger charge is -2.33. The highest BCUT2D eigenvalue weighted by Crippen LogP contribution is 2.29. The summed E-state index contributed by atoms with van der Waals surface area (Å²) in [6.45, 7) is 0.100. The van der Waals surface area contributed by atoms with Crippen molar-refractivity contribution in [3.63, 3.8) is 0 Å². The van der Waals surface area contributed by atoms with E-state index in [4.69, 9.17) is 21.9 Å². The molecule has 0 aliphatic heterocycles. The Labute approximate surface area is 242 Å². The quantitative estimate of drug-likeness (QED) is 0.0734. The number of nitrogens with two attached hydrogens (primary N) is 3. The van der Waals surface area contributed by atoms with Gasteiger partial charge in [0.1, 0.15) is 12.6 Å². The predicted octanol–water partition coefficient (Wildman–Crippen LogP) is 2.17. The number of amides is 3. The summed E-state index contributed by atoms with van der Waals surface area (Å²) in [6.07, 6.45) is -0.493. The SMILES string of the molecule is NC(=O)OCc1ccc(CN(C(=O)C(c2ccccc2)c2ccccc2)[C@H](CCCN=C(N)N[N+](=O)[O-])C(N)=O)cc1. The number of primary amides is 2. The van der Waals surface area contributed by atoms with Crippen LogP contribution in [0.4, 0.5) is 4.79 Å². The van der Waals surface area contributed by atoms with Crippen molar-refractivity contribution < 1.29 is 24.2 Å². The van der Waals surface area contributed by atoms with Gasteiger partial charge < -0.3 is 26.8 Å². The zero-order valence-corrected chi connectivity index (χ0v) is 22.8. The monoisotopic (exact) mass is 575 g/mol. The number of aliphatic imine (C=N–C) groups is 1. The molecule has 13 heteroatoms. The van der Waals surface area contributed by atoms with Crippen LogP contribution in [0.2, 0.25) is 0 Å². The second-order valence-electron chi connectivity index (χ2n) is 9.34. The minimum atomic E-state index is -1.02. The van der Waals surface area contributed by atoms with Crippen molar-refractivity contribution in [1.82, 2.24) is 10.3 Å². The third kappa shape index (κ3) is 9.33. The first-order valence-electron chi connectivity index (χ1n) is 13.1. The van der Waals surface area contributed by atoms with Gasteiger partial charge in [-0.1, -0.05) is 90.4 Å². The highest BCUT2D eigenvalue weighted by atomic mass is 16.7. The Kier molecular flexibility index (Phi) is 11.4. The van der Waals surface area contributed by atoms with Crippen LogP contribution < -0.4 is 22.6 Å². The van der Waals surface area contributed by atoms with Gasteiger partial charge >= 0.3 is 6.09 Å². The highest BCUT2D eigenvalue weighted by Gasteiger charge is 2.34. The average molecular weight is 576 g/mol. The van der Waals surface area contributed by atoms with Crippen molar-refractivity contribution in [2.45, 2.75) is 38.0 Å². The summed E-state index contributed by atoms with van der Waals surface area (Å²) in [6, 6.07) is 24.4. The van der Waals surface area contributed by atoms with E-state index in [1.54, 1.807) is 29.7 Å². The van der Waals surface area contributed by atoms with Crippen LogP contribution >= 0.6 is 0 Å². The average Bonchev–Trinajstić information content (AvgIpc) is 2.96. The molecule has 3 amide bonds. The number of ether oxygens (including phenoxy) is 1. The van der Waals surface area contributed by atoms with Gasteiger partial charge in [-0.2, -0.15) is 0 Å². The number of rotatable bonds is 14. The number of carbonyl (C=O) groups excluding carboxylic acids is 3. The summed E-state index contributed by atoms with van der Waals surface area (Å²) in [5.41, 5.74) is 21.0. The van der Waals surface area contributed by atoms with Crippen LogP contribution in [0.25, 0.3) is 0 Å². The van der Waals surface area contributed by atoms with Crippen LogP contribution in [-0.4, -0.2) is 46.4 Å².